The molecule has 2 amide bonds. The Labute approximate surface area is 156 Å². The van der Waals surface area contributed by atoms with E-state index in [1.807, 2.05) is 0 Å². The van der Waals surface area contributed by atoms with Crippen molar-refractivity contribution in [2.24, 2.45) is 0 Å². The molecule has 8 nitrogen and oxygen atoms in total. The number of amides is 2. The Morgan fingerprint density at radius 1 is 1.00 bits per heavy atom. The summed E-state index contributed by atoms with van der Waals surface area (Å²) in [5, 5.41) is 11.8. The third kappa shape index (κ3) is 5.82. The van der Waals surface area contributed by atoms with E-state index in [4.69, 9.17) is 9.84 Å². The summed E-state index contributed by atoms with van der Waals surface area (Å²) in [5.41, 5.74) is 5.59. The van der Waals surface area contributed by atoms with Gasteiger partial charge in [0.2, 0.25) is 0 Å². The smallest absolute Gasteiger partial charge is 0.341 e. The number of carbonyl (C=O) groups excluding carboxylic acids is 3. The third-order valence-electron chi connectivity index (χ3n) is 3.56. The number of hydrogen-bond donors (Lipinski definition) is 4. The molecule has 0 radical (unpaired) electrons. The Kier molecular flexibility index (Phi) is 7.33. The Morgan fingerprint density at radius 2 is 1.67 bits per heavy atom. The van der Waals surface area contributed by atoms with Gasteiger partial charge < -0.3 is 15.2 Å². The first-order chi connectivity index (χ1) is 13.0. The molecule has 0 aromatic heterocycles. The summed E-state index contributed by atoms with van der Waals surface area (Å²) in [5.74, 6) is -1.86. The Bertz CT molecular complexity index is 795. The van der Waals surface area contributed by atoms with E-state index in [0.717, 1.165) is 0 Å². The molecule has 1 atom stereocenters. The molecule has 0 unspecified atom stereocenters. The minimum absolute atomic E-state index is 0.0939. The van der Waals surface area contributed by atoms with E-state index in [1.54, 1.807) is 54.6 Å². The number of anilines is 1. The highest BCUT2D eigenvalue weighted by molar-refractivity contribution is 5.98. The van der Waals surface area contributed by atoms with Crippen molar-refractivity contribution >= 4 is 23.5 Å². The van der Waals surface area contributed by atoms with Crippen LogP contribution in [0.15, 0.2) is 54.6 Å². The molecule has 0 heterocycles. The highest BCUT2D eigenvalue weighted by Gasteiger charge is 2.21. The van der Waals surface area contributed by atoms with Crippen molar-refractivity contribution in [3.8, 4) is 0 Å². The second kappa shape index (κ2) is 9.93. The van der Waals surface area contributed by atoms with Gasteiger partial charge in [-0.05, 0) is 31.2 Å². The summed E-state index contributed by atoms with van der Waals surface area (Å²) in [6.07, 6.45) is -1.13. The zero-order valence-electron chi connectivity index (χ0n) is 14.8. The molecule has 8 heteroatoms. The molecule has 142 valence electrons. The molecular weight excluding hydrogens is 350 g/mol. The van der Waals surface area contributed by atoms with Crippen LogP contribution in [0.2, 0.25) is 0 Å². The van der Waals surface area contributed by atoms with E-state index in [-0.39, 0.29) is 18.7 Å². The predicted molar refractivity (Wildman–Crippen MR) is 98.9 cm³/mol. The summed E-state index contributed by atoms with van der Waals surface area (Å²) in [4.78, 5) is 36.3. The summed E-state index contributed by atoms with van der Waals surface area (Å²) in [6, 6.07) is 15.0. The molecule has 0 spiro atoms. The lowest BCUT2D eigenvalue weighted by atomic mass is 10.2. The number of aliphatic hydroxyl groups excluding tert-OH is 1. The first kappa shape index (κ1) is 19.9. The van der Waals surface area contributed by atoms with E-state index >= 15 is 0 Å². The number of esters is 1. The second-order valence-corrected chi connectivity index (χ2v) is 5.55. The van der Waals surface area contributed by atoms with Crippen LogP contribution in [0.3, 0.4) is 0 Å². The van der Waals surface area contributed by atoms with Gasteiger partial charge in [0.25, 0.3) is 11.8 Å². The number of benzene rings is 2. The van der Waals surface area contributed by atoms with Crippen molar-refractivity contribution in [2.45, 2.75) is 13.0 Å². The fourth-order valence-electron chi connectivity index (χ4n) is 2.17. The van der Waals surface area contributed by atoms with Crippen LogP contribution in [0, 0.1) is 0 Å². The molecule has 0 bridgehead atoms. The molecule has 0 aliphatic carbocycles. The molecule has 0 aliphatic rings. The zero-order chi connectivity index (χ0) is 19.6. The number of nitrogens with one attached hydrogen (secondary N) is 3. The van der Waals surface area contributed by atoms with Crippen LogP contribution in [0.4, 0.5) is 5.69 Å². The topological polar surface area (TPSA) is 117 Å². The largest absolute Gasteiger partial charge is 0.449 e. The molecule has 2 aromatic rings. The van der Waals surface area contributed by atoms with Gasteiger partial charge in [-0.25, -0.2) is 4.79 Å². The summed E-state index contributed by atoms with van der Waals surface area (Å²) < 4.78 is 5.15. The Hall–Kier alpha value is -3.39. The standard InChI is InChI=1S/C19H21N3O5/c1-13(17(24)21-22-18(25)14-7-3-2-4-8-14)27-19(26)15-9-5-6-10-16(15)20-11-12-23/h2-10,13,20,23H,11-12H2,1H3,(H,21,24)(H,22,25)/t13-/m1/s1. The van der Waals surface area contributed by atoms with Gasteiger partial charge in [0.1, 0.15) is 0 Å². The van der Waals surface area contributed by atoms with Gasteiger partial charge in [-0.1, -0.05) is 30.3 Å². The lowest BCUT2D eigenvalue weighted by Gasteiger charge is -2.16. The lowest BCUT2D eigenvalue weighted by Crippen LogP contribution is -2.46. The Morgan fingerprint density at radius 3 is 2.37 bits per heavy atom. The molecule has 2 aromatic carbocycles. The minimum atomic E-state index is -1.13. The molecular formula is C19H21N3O5. The van der Waals surface area contributed by atoms with Crippen LogP contribution >= 0.6 is 0 Å². The molecule has 27 heavy (non-hydrogen) atoms. The van der Waals surface area contributed by atoms with E-state index in [0.29, 0.717) is 11.3 Å². The number of carbonyl (C=O) groups is 3. The molecule has 0 saturated heterocycles. The summed E-state index contributed by atoms with van der Waals surface area (Å²) in [7, 11) is 0. The van der Waals surface area contributed by atoms with Crippen molar-refractivity contribution < 1.29 is 24.2 Å². The van der Waals surface area contributed by atoms with Gasteiger partial charge in [0, 0.05) is 17.8 Å². The molecule has 2 rings (SSSR count). The quantitative estimate of drug-likeness (QED) is 0.428. The number of aliphatic hydroxyl groups is 1. The van der Waals surface area contributed by atoms with E-state index in [9.17, 15) is 14.4 Å². The predicted octanol–water partition coefficient (Wildman–Crippen LogP) is 1.10. The number of ether oxygens (including phenoxy) is 1. The second-order valence-electron chi connectivity index (χ2n) is 5.55. The van der Waals surface area contributed by atoms with Crippen molar-refractivity contribution in [1.82, 2.24) is 10.9 Å². The Balaban J connectivity index is 1.90. The zero-order valence-corrected chi connectivity index (χ0v) is 14.8. The van der Waals surface area contributed by atoms with E-state index < -0.39 is 23.9 Å². The molecule has 0 fully saturated rings. The van der Waals surface area contributed by atoms with Crippen molar-refractivity contribution in [3.63, 3.8) is 0 Å². The summed E-state index contributed by atoms with van der Waals surface area (Å²) in [6.45, 7) is 1.57. The molecule has 0 aliphatic heterocycles. The summed E-state index contributed by atoms with van der Waals surface area (Å²) >= 11 is 0. The first-order valence-corrected chi connectivity index (χ1v) is 8.33. The molecule has 0 saturated carbocycles. The highest BCUT2D eigenvalue weighted by atomic mass is 16.5. The van der Waals surface area contributed by atoms with Crippen molar-refractivity contribution in [3.05, 3.63) is 65.7 Å². The van der Waals surface area contributed by atoms with Crippen LogP contribution in [-0.2, 0) is 9.53 Å². The van der Waals surface area contributed by atoms with Crippen LogP contribution < -0.4 is 16.2 Å². The van der Waals surface area contributed by atoms with Gasteiger partial charge in [0.15, 0.2) is 6.10 Å². The average molecular weight is 371 g/mol. The van der Waals surface area contributed by atoms with Crippen molar-refractivity contribution in [1.29, 1.82) is 0 Å². The van der Waals surface area contributed by atoms with Crippen LogP contribution in [-0.4, -0.2) is 42.1 Å². The number of para-hydroxylation sites is 1. The van der Waals surface area contributed by atoms with Gasteiger partial charge in [-0.3, -0.25) is 20.4 Å². The number of rotatable bonds is 7. The van der Waals surface area contributed by atoms with E-state index in [2.05, 4.69) is 16.2 Å². The number of hydrazine groups is 1. The van der Waals surface area contributed by atoms with Gasteiger partial charge in [-0.2, -0.15) is 0 Å². The SMILES string of the molecule is C[C@@H](OC(=O)c1ccccc1NCCO)C(=O)NNC(=O)c1ccccc1. The molecule has 4 N–H and O–H groups in total. The van der Waals surface area contributed by atoms with Crippen LogP contribution in [0.5, 0.6) is 0 Å². The maximum atomic E-state index is 12.3. The van der Waals surface area contributed by atoms with Gasteiger partial charge in [-0.15, -0.1) is 0 Å². The third-order valence-corrected chi connectivity index (χ3v) is 3.56. The fourth-order valence-corrected chi connectivity index (χ4v) is 2.17. The monoisotopic (exact) mass is 371 g/mol. The normalized spacial score (nSPS) is 11.2. The first-order valence-electron chi connectivity index (χ1n) is 8.33. The van der Waals surface area contributed by atoms with E-state index in [1.165, 1.54) is 6.92 Å². The fraction of sp³-hybridized carbons (Fsp3) is 0.211. The maximum Gasteiger partial charge on any atom is 0.341 e. The average Bonchev–Trinajstić information content (AvgIpc) is 2.70. The van der Waals surface area contributed by atoms with Gasteiger partial charge in [0.05, 0.1) is 12.2 Å². The van der Waals surface area contributed by atoms with Crippen molar-refractivity contribution in [2.75, 3.05) is 18.5 Å². The highest BCUT2D eigenvalue weighted by Crippen LogP contribution is 2.16. The number of hydrogen-bond acceptors (Lipinski definition) is 6. The van der Waals surface area contributed by atoms with Gasteiger partial charge >= 0.3 is 5.97 Å². The maximum absolute atomic E-state index is 12.3. The minimum Gasteiger partial charge on any atom is -0.449 e. The van der Waals surface area contributed by atoms with Crippen LogP contribution in [0.25, 0.3) is 0 Å². The lowest BCUT2D eigenvalue weighted by molar-refractivity contribution is -0.129. The van der Waals surface area contributed by atoms with Crippen LogP contribution in [0.1, 0.15) is 27.6 Å².